The quantitative estimate of drug-likeness (QED) is 0.333. The average molecular weight is 514 g/mol. The normalized spacial score (nSPS) is 16.6. The summed E-state index contributed by atoms with van der Waals surface area (Å²) in [5, 5.41) is 0.832. The highest BCUT2D eigenvalue weighted by Crippen LogP contribution is 2.23. The van der Waals surface area contributed by atoms with Crippen LogP contribution in [-0.2, 0) is 26.0 Å². The zero-order chi connectivity index (χ0) is 25.9. The molecule has 36 heavy (non-hydrogen) atoms. The van der Waals surface area contributed by atoms with E-state index in [2.05, 4.69) is 0 Å². The Bertz CT molecular complexity index is 1440. The number of ether oxygens (including phenoxy) is 2. The van der Waals surface area contributed by atoms with E-state index in [0.29, 0.717) is 24.3 Å². The maximum Gasteiger partial charge on any atom is 0.338 e. The number of fused-ring (bicyclic) bond motifs is 1. The molecule has 0 radical (unpaired) electrons. The minimum Gasteiger partial charge on any atom is -0.489 e. The number of nitrogens with zero attached hydrogens (tertiary/aromatic N) is 1. The van der Waals surface area contributed by atoms with Crippen LogP contribution in [0, 0.1) is 6.92 Å². The summed E-state index contributed by atoms with van der Waals surface area (Å²) in [4.78, 5) is 38.0. The van der Waals surface area contributed by atoms with E-state index in [1.807, 2.05) is 13.0 Å². The highest BCUT2D eigenvalue weighted by molar-refractivity contribution is 7.91. The van der Waals surface area contributed by atoms with Crippen molar-refractivity contribution in [2.24, 2.45) is 0 Å². The van der Waals surface area contributed by atoms with Gasteiger partial charge in [0.1, 0.15) is 17.9 Å². The smallest absolute Gasteiger partial charge is 0.338 e. The molecule has 0 unspecified atom stereocenters. The van der Waals surface area contributed by atoms with Gasteiger partial charge in [0.25, 0.3) is 5.91 Å². The minimum atomic E-state index is -3.13. The number of carbonyl (C=O) groups is 2. The highest BCUT2D eigenvalue weighted by Gasteiger charge is 2.34. The summed E-state index contributed by atoms with van der Waals surface area (Å²) >= 11 is 0. The summed E-state index contributed by atoms with van der Waals surface area (Å²) < 4.78 is 39.6. The number of aryl methyl sites for hydroxylation is 1. The second kappa shape index (κ2) is 10.5. The van der Waals surface area contributed by atoms with E-state index in [1.54, 1.807) is 43.3 Å². The maximum absolute atomic E-state index is 12.5. The van der Waals surface area contributed by atoms with Crippen LogP contribution in [0.5, 0.6) is 5.75 Å². The molecule has 3 aromatic rings. The standard InChI is InChI=1S/C26H27NO8S/c1-3-27(20-10-11-36(31,32)16-20)24(28)15-34-26(30)19-6-4-18(5-7-19)14-33-21-8-9-22-17(2)12-25(29)35-23(22)13-21/h4-9,12-13,20H,3,10-11,14-16H2,1-2H3/t20-/m0/s1. The molecule has 0 saturated carbocycles. The van der Waals surface area contributed by atoms with E-state index in [0.717, 1.165) is 16.5 Å². The molecule has 1 aliphatic rings. The Morgan fingerprint density at radius 1 is 1.11 bits per heavy atom. The molecule has 10 heteroatoms. The predicted molar refractivity (Wildman–Crippen MR) is 133 cm³/mol. The number of hydrogen-bond acceptors (Lipinski definition) is 8. The van der Waals surface area contributed by atoms with Gasteiger partial charge in [-0.2, -0.15) is 0 Å². The first kappa shape index (κ1) is 25.4. The van der Waals surface area contributed by atoms with Crippen LogP contribution in [0.3, 0.4) is 0 Å². The molecule has 1 fully saturated rings. The number of esters is 1. The van der Waals surface area contributed by atoms with E-state index < -0.39 is 33.9 Å². The van der Waals surface area contributed by atoms with Crippen LogP contribution in [-0.4, -0.2) is 55.9 Å². The molecule has 1 aromatic heterocycles. The van der Waals surface area contributed by atoms with Crippen molar-refractivity contribution >= 4 is 32.7 Å². The summed E-state index contributed by atoms with van der Waals surface area (Å²) in [6, 6.07) is 12.9. The molecule has 4 rings (SSSR count). The van der Waals surface area contributed by atoms with Gasteiger partial charge in [-0.1, -0.05) is 12.1 Å². The first-order valence-corrected chi connectivity index (χ1v) is 13.4. The van der Waals surface area contributed by atoms with Crippen molar-refractivity contribution in [2.45, 2.75) is 32.9 Å². The van der Waals surface area contributed by atoms with Gasteiger partial charge in [-0.15, -0.1) is 0 Å². The van der Waals surface area contributed by atoms with Crippen molar-refractivity contribution in [1.29, 1.82) is 0 Å². The van der Waals surface area contributed by atoms with Gasteiger partial charge < -0.3 is 18.8 Å². The van der Waals surface area contributed by atoms with Crippen LogP contribution in [0.1, 0.15) is 34.8 Å². The SMILES string of the molecule is CCN(C(=O)COC(=O)c1ccc(COc2ccc3c(C)cc(=O)oc3c2)cc1)[C@H]1CCS(=O)(=O)C1. The molecule has 1 amide bonds. The Labute approximate surface area is 208 Å². The Kier molecular flexibility index (Phi) is 7.44. The third-order valence-electron chi connectivity index (χ3n) is 6.15. The van der Waals surface area contributed by atoms with Gasteiger partial charge in [-0.25, -0.2) is 18.0 Å². The Morgan fingerprint density at radius 3 is 2.53 bits per heavy atom. The van der Waals surface area contributed by atoms with Crippen molar-refractivity contribution in [1.82, 2.24) is 4.90 Å². The van der Waals surface area contributed by atoms with E-state index >= 15 is 0 Å². The molecule has 1 atom stereocenters. The van der Waals surface area contributed by atoms with Gasteiger partial charge in [-0.05, 0) is 55.7 Å². The van der Waals surface area contributed by atoms with Crippen LogP contribution < -0.4 is 10.4 Å². The fourth-order valence-corrected chi connectivity index (χ4v) is 5.98. The third kappa shape index (κ3) is 5.93. The lowest BCUT2D eigenvalue weighted by Crippen LogP contribution is -2.43. The molecular formula is C26H27NO8S. The second-order valence-corrected chi connectivity index (χ2v) is 10.9. The van der Waals surface area contributed by atoms with Gasteiger partial charge in [-0.3, -0.25) is 4.79 Å². The average Bonchev–Trinajstić information content (AvgIpc) is 3.20. The fourth-order valence-electron chi connectivity index (χ4n) is 4.25. The van der Waals surface area contributed by atoms with E-state index in [1.165, 1.54) is 11.0 Å². The lowest BCUT2D eigenvalue weighted by molar-refractivity contribution is -0.136. The zero-order valence-corrected chi connectivity index (χ0v) is 20.9. The highest BCUT2D eigenvalue weighted by atomic mass is 32.2. The van der Waals surface area contributed by atoms with Crippen molar-refractivity contribution in [3.63, 3.8) is 0 Å². The monoisotopic (exact) mass is 513 g/mol. The predicted octanol–water partition coefficient (Wildman–Crippen LogP) is 2.87. The maximum atomic E-state index is 12.5. The van der Waals surface area contributed by atoms with Gasteiger partial charge >= 0.3 is 11.6 Å². The second-order valence-electron chi connectivity index (χ2n) is 8.70. The van der Waals surface area contributed by atoms with E-state index in [4.69, 9.17) is 13.9 Å². The molecule has 2 heterocycles. The van der Waals surface area contributed by atoms with Crippen LogP contribution in [0.4, 0.5) is 0 Å². The minimum absolute atomic E-state index is 0.0582. The van der Waals surface area contributed by atoms with Gasteiger partial charge in [0.15, 0.2) is 16.4 Å². The van der Waals surface area contributed by atoms with Crippen LogP contribution >= 0.6 is 0 Å². The van der Waals surface area contributed by atoms with Crippen molar-refractivity contribution < 1.29 is 31.9 Å². The van der Waals surface area contributed by atoms with Crippen LogP contribution in [0.2, 0.25) is 0 Å². The number of carbonyl (C=O) groups excluding carboxylic acids is 2. The molecule has 1 aliphatic heterocycles. The van der Waals surface area contributed by atoms with Gasteiger partial charge in [0.05, 0.1) is 17.1 Å². The third-order valence-corrected chi connectivity index (χ3v) is 7.91. The number of sulfone groups is 1. The summed E-state index contributed by atoms with van der Waals surface area (Å²) in [6.07, 6.45) is 0.396. The Morgan fingerprint density at radius 2 is 1.86 bits per heavy atom. The van der Waals surface area contributed by atoms with Crippen molar-refractivity contribution in [3.8, 4) is 5.75 Å². The largest absolute Gasteiger partial charge is 0.489 e. The van der Waals surface area contributed by atoms with E-state index in [-0.39, 0.29) is 29.7 Å². The molecule has 190 valence electrons. The summed E-state index contributed by atoms with van der Waals surface area (Å²) in [5.74, 6) is -0.523. The molecule has 0 bridgehead atoms. The molecular weight excluding hydrogens is 486 g/mol. The first-order chi connectivity index (χ1) is 17.1. The van der Waals surface area contributed by atoms with Crippen molar-refractivity contribution in [3.05, 3.63) is 75.6 Å². The molecule has 0 N–H and O–H groups in total. The lowest BCUT2D eigenvalue weighted by Gasteiger charge is -2.26. The number of likely N-dealkylation sites (N-methyl/N-ethyl adjacent to an activating group) is 1. The van der Waals surface area contributed by atoms with E-state index in [9.17, 15) is 22.8 Å². The fraction of sp³-hybridized carbons (Fsp3) is 0.346. The number of hydrogen-bond donors (Lipinski definition) is 0. The lowest BCUT2D eigenvalue weighted by atomic mass is 10.1. The van der Waals surface area contributed by atoms with Gasteiger partial charge in [0, 0.05) is 30.1 Å². The molecule has 0 aliphatic carbocycles. The van der Waals surface area contributed by atoms with Crippen LogP contribution in [0.25, 0.3) is 11.0 Å². The topological polar surface area (TPSA) is 120 Å². The summed E-state index contributed by atoms with van der Waals surface area (Å²) in [5.41, 5.74) is 1.93. The van der Waals surface area contributed by atoms with Crippen LogP contribution in [0.15, 0.2) is 57.7 Å². The summed E-state index contributed by atoms with van der Waals surface area (Å²) in [6.45, 7) is 3.72. The number of rotatable bonds is 8. The number of benzene rings is 2. The molecule has 9 nitrogen and oxygen atoms in total. The molecule has 2 aromatic carbocycles. The first-order valence-electron chi connectivity index (χ1n) is 11.6. The number of amides is 1. The Balaban J connectivity index is 1.31. The summed E-state index contributed by atoms with van der Waals surface area (Å²) in [7, 11) is -3.13. The molecule has 0 spiro atoms. The van der Waals surface area contributed by atoms with Gasteiger partial charge in [0.2, 0.25) is 0 Å². The Hall–Kier alpha value is -3.66. The molecule has 1 saturated heterocycles. The zero-order valence-electron chi connectivity index (χ0n) is 20.1. The van der Waals surface area contributed by atoms with Crippen molar-refractivity contribution in [2.75, 3.05) is 24.7 Å².